The minimum Gasteiger partial charge on any atom is -0.481 e. The Bertz CT molecular complexity index is 605. The van der Waals surface area contributed by atoms with Gasteiger partial charge in [0.1, 0.15) is 5.82 Å². The Balaban J connectivity index is 2.00. The van der Waals surface area contributed by atoms with Crippen LogP contribution in [0.3, 0.4) is 0 Å². The molecule has 1 N–H and O–H groups in total. The maximum atomic E-state index is 13.7. The standard InChI is InChI=1S/C18H19FO2/c1-13(12-18(20)21)6-7-14-8-10-15(11-9-14)16-4-2-3-5-17(16)19/h2-5,8-11,13H,6-7,12H2,1H3,(H,20,21). The van der Waals surface area contributed by atoms with Crippen LogP contribution >= 0.6 is 0 Å². The Kier molecular flexibility index (Phi) is 5.09. The zero-order valence-electron chi connectivity index (χ0n) is 12.1. The number of rotatable bonds is 6. The van der Waals surface area contributed by atoms with Crippen LogP contribution in [0.2, 0.25) is 0 Å². The fourth-order valence-corrected chi connectivity index (χ4v) is 2.36. The van der Waals surface area contributed by atoms with E-state index in [0.717, 1.165) is 24.0 Å². The summed E-state index contributed by atoms with van der Waals surface area (Å²) in [4.78, 5) is 10.6. The molecule has 0 saturated heterocycles. The third-order valence-corrected chi connectivity index (χ3v) is 3.59. The van der Waals surface area contributed by atoms with Gasteiger partial charge in [0.05, 0.1) is 0 Å². The van der Waals surface area contributed by atoms with Gasteiger partial charge in [0.2, 0.25) is 0 Å². The molecule has 2 aromatic carbocycles. The van der Waals surface area contributed by atoms with Crippen LogP contribution in [0.1, 0.15) is 25.3 Å². The minimum atomic E-state index is -0.752. The van der Waals surface area contributed by atoms with Crippen molar-refractivity contribution >= 4 is 5.97 Å². The van der Waals surface area contributed by atoms with Crippen molar-refractivity contribution in [2.24, 2.45) is 5.92 Å². The Morgan fingerprint density at radius 2 is 1.81 bits per heavy atom. The van der Waals surface area contributed by atoms with Gasteiger partial charge in [0, 0.05) is 12.0 Å². The first-order valence-corrected chi connectivity index (χ1v) is 7.12. The summed E-state index contributed by atoms with van der Waals surface area (Å²) in [5, 5.41) is 8.73. The van der Waals surface area contributed by atoms with E-state index >= 15 is 0 Å². The number of hydrogen-bond donors (Lipinski definition) is 1. The van der Waals surface area contributed by atoms with Gasteiger partial charge in [-0.05, 0) is 36.0 Å². The van der Waals surface area contributed by atoms with Gasteiger partial charge < -0.3 is 5.11 Å². The minimum absolute atomic E-state index is 0.161. The molecule has 3 heteroatoms. The van der Waals surface area contributed by atoms with E-state index in [1.807, 2.05) is 37.3 Å². The molecule has 0 aliphatic heterocycles. The monoisotopic (exact) mass is 286 g/mol. The predicted octanol–water partition coefficient (Wildman–Crippen LogP) is 4.54. The molecule has 0 heterocycles. The van der Waals surface area contributed by atoms with Crippen LogP contribution in [0, 0.1) is 11.7 Å². The van der Waals surface area contributed by atoms with Crippen LogP contribution in [0.5, 0.6) is 0 Å². The van der Waals surface area contributed by atoms with E-state index in [4.69, 9.17) is 5.11 Å². The molecule has 0 aromatic heterocycles. The molecule has 110 valence electrons. The summed E-state index contributed by atoms with van der Waals surface area (Å²) in [7, 11) is 0. The first-order chi connectivity index (χ1) is 10.1. The van der Waals surface area contributed by atoms with Gasteiger partial charge in [0.25, 0.3) is 0 Å². The van der Waals surface area contributed by atoms with Crippen molar-refractivity contribution in [1.82, 2.24) is 0 Å². The van der Waals surface area contributed by atoms with Crippen molar-refractivity contribution in [2.45, 2.75) is 26.2 Å². The Labute approximate surface area is 124 Å². The van der Waals surface area contributed by atoms with Crippen LogP contribution in [0.15, 0.2) is 48.5 Å². The van der Waals surface area contributed by atoms with Crippen molar-refractivity contribution < 1.29 is 14.3 Å². The molecule has 0 spiro atoms. The molecule has 0 aliphatic carbocycles. The third-order valence-electron chi connectivity index (χ3n) is 3.59. The molecule has 0 fully saturated rings. The number of carbonyl (C=O) groups is 1. The second-order valence-electron chi connectivity index (χ2n) is 5.42. The van der Waals surface area contributed by atoms with Gasteiger partial charge in [-0.3, -0.25) is 4.79 Å². The van der Waals surface area contributed by atoms with Gasteiger partial charge in [-0.25, -0.2) is 4.39 Å². The Morgan fingerprint density at radius 3 is 2.43 bits per heavy atom. The van der Waals surface area contributed by atoms with Crippen molar-refractivity contribution in [1.29, 1.82) is 0 Å². The highest BCUT2D eigenvalue weighted by molar-refractivity contribution is 5.67. The van der Waals surface area contributed by atoms with Crippen molar-refractivity contribution in [3.8, 4) is 11.1 Å². The smallest absolute Gasteiger partial charge is 0.303 e. The van der Waals surface area contributed by atoms with Crippen molar-refractivity contribution in [2.75, 3.05) is 0 Å². The largest absolute Gasteiger partial charge is 0.481 e. The van der Waals surface area contributed by atoms with Gasteiger partial charge in [-0.1, -0.05) is 49.4 Å². The lowest BCUT2D eigenvalue weighted by Gasteiger charge is -2.09. The summed E-state index contributed by atoms with van der Waals surface area (Å²) in [6, 6.07) is 14.5. The first kappa shape index (κ1) is 15.2. The highest BCUT2D eigenvalue weighted by Gasteiger charge is 2.08. The molecular formula is C18H19FO2. The Morgan fingerprint density at radius 1 is 1.14 bits per heavy atom. The van der Waals surface area contributed by atoms with E-state index in [2.05, 4.69) is 0 Å². The second kappa shape index (κ2) is 7.02. The fraction of sp³-hybridized carbons (Fsp3) is 0.278. The van der Waals surface area contributed by atoms with E-state index in [1.165, 1.54) is 6.07 Å². The molecule has 0 radical (unpaired) electrons. The summed E-state index contributed by atoms with van der Waals surface area (Å²) in [6.45, 7) is 1.95. The number of aryl methyl sites for hydroxylation is 1. The topological polar surface area (TPSA) is 37.3 Å². The number of carboxylic acid groups (broad SMARTS) is 1. The molecule has 1 unspecified atom stereocenters. The predicted molar refractivity (Wildman–Crippen MR) is 81.6 cm³/mol. The van der Waals surface area contributed by atoms with Crippen molar-refractivity contribution in [3.05, 3.63) is 59.9 Å². The zero-order valence-corrected chi connectivity index (χ0v) is 12.1. The lowest BCUT2D eigenvalue weighted by Crippen LogP contribution is -2.05. The van der Waals surface area contributed by atoms with Crippen molar-refractivity contribution in [3.63, 3.8) is 0 Å². The SMILES string of the molecule is CC(CCc1ccc(-c2ccccc2F)cc1)CC(=O)O. The maximum Gasteiger partial charge on any atom is 0.303 e. The van der Waals surface area contributed by atoms with Gasteiger partial charge >= 0.3 is 5.97 Å². The molecular weight excluding hydrogens is 267 g/mol. The van der Waals surface area contributed by atoms with Gasteiger partial charge in [-0.2, -0.15) is 0 Å². The van der Waals surface area contributed by atoms with E-state index < -0.39 is 5.97 Å². The summed E-state index contributed by atoms with van der Waals surface area (Å²) in [5.74, 6) is -0.813. The summed E-state index contributed by atoms with van der Waals surface area (Å²) < 4.78 is 13.7. The van der Waals surface area contributed by atoms with Crippen LogP contribution in [-0.4, -0.2) is 11.1 Å². The van der Waals surface area contributed by atoms with E-state index in [0.29, 0.717) is 5.56 Å². The molecule has 2 nitrogen and oxygen atoms in total. The molecule has 2 aromatic rings. The zero-order chi connectivity index (χ0) is 15.2. The average molecular weight is 286 g/mol. The number of carboxylic acids is 1. The van der Waals surface area contributed by atoms with Crippen LogP contribution in [0.25, 0.3) is 11.1 Å². The fourth-order valence-electron chi connectivity index (χ4n) is 2.36. The molecule has 0 aliphatic rings. The highest BCUT2D eigenvalue weighted by atomic mass is 19.1. The van der Waals surface area contributed by atoms with E-state index in [1.54, 1.807) is 12.1 Å². The number of hydrogen-bond acceptors (Lipinski definition) is 1. The summed E-state index contributed by atoms with van der Waals surface area (Å²) >= 11 is 0. The highest BCUT2D eigenvalue weighted by Crippen LogP contribution is 2.23. The van der Waals surface area contributed by atoms with E-state index in [-0.39, 0.29) is 18.2 Å². The van der Waals surface area contributed by atoms with Crippen LogP contribution in [0.4, 0.5) is 4.39 Å². The van der Waals surface area contributed by atoms with Gasteiger partial charge in [-0.15, -0.1) is 0 Å². The quantitative estimate of drug-likeness (QED) is 0.846. The number of benzene rings is 2. The molecule has 0 amide bonds. The molecule has 2 rings (SSSR count). The molecule has 0 bridgehead atoms. The normalized spacial score (nSPS) is 12.1. The molecule has 0 saturated carbocycles. The third kappa shape index (κ3) is 4.42. The second-order valence-corrected chi connectivity index (χ2v) is 5.42. The lowest BCUT2D eigenvalue weighted by molar-refractivity contribution is -0.138. The average Bonchev–Trinajstić information content (AvgIpc) is 2.46. The summed E-state index contributed by atoms with van der Waals surface area (Å²) in [5.41, 5.74) is 2.60. The van der Waals surface area contributed by atoms with E-state index in [9.17, 15) is 9.18 Å². The molecule has 21 heavy (non-hydrogen) atoms. The number of aliphatic carboxylic acids is 1. The summed E-state index contributed by atoms with van der Waals surface area (Å²) in [6.07, 6.45) is 1.88. The Hall–Kier alpha value is -2.16. The maximum absolute atomic E-state index is 13.7. The van der Waals surface area contributed by atoms with Gasteiger partial charge in [0.15, 0.2) is 0 Å². The van der Waals surface area contributed by atoms with Crippen LogP contribution in [-0.2, 0) is 11.2 Å². The lowest BCUT2D eigenvalue weighted by atomic mass is 9.97. The number of halogens is 1. The first-order valence-electron chi connectivity index (χ1n) is 7.12. The molecule has 1 atom stereocenters. The van der Waals surface area contributed by atoms with Crippen LogP contribution < -0.4 is 0 Å².